The summed E-state index contributed by atoms with van der Waals surface area (Å²) in [5, 5.41) is 16.2. The number of amides is 1. The number of carbonyl (C=O) groups excluding carboxylic acids is 1. The van der Waals surface area contributed by atoms with Gasteiger partial charge in [0.25, 0.3) is 0 Å². The second kappa shape index (κ2) is 8.53. The SMILES string of the molecule is Cc1ccccc1-n1nnnc1SCC(=O)NCc1ccc(Cl)cc1Cl. The first-order valence-electron chi connectivity index (χ1n) is 7.72. The molecular formula is C17H15Cl2N5OS. The van der Waals surface area contributed by atoms with Crippen molar-refractivity contribution in [3.63, 3.8) is 0 Å². The lowest BCUT2D eigenvalue weighted by Gasteiger charge is -2.08. The molecule has 0 aliphatic heterocycles. The van der Waals surface area contributed by atoms with Crippen molar-refractivity contribution in [1.29, 1.82) is 0 Å². The van der Waals surface area contributed by atoms with Gasteiger partial charge in [0, 0.05) is 16.6 Å². The molecule has 0 aliphatic rings. The van der Waals surface area contributed by atoms with Gasteiger partial charge in [0.1, 0.15) is 0 Å². The fourth-order valence-electron chi connectivity index (χ4n) is 2.26. The summed E-state index contributed by atoms with van der Waals surface area (Å²) in [6.07, 6.45) is 0. The van der Waals surface area contributed by atoms with Gasteiger partial charge >= 0.3 is 0 Å². The van der Waals surface area contributed by atoms with Crippen molar-refractivity contribution >= 4 is 40.9 Å². The van der Waals surface area contributed by atoms with Crippen LogP contribution in [0.2, 0.25) is 10.0 Å². The Bertz CT molecular complexity index is 931. The Labute approximate surface area is 164 Å². The standard InChI is InChI=1S/C17H15Cl2N5OS/c1-11-4-2-3-5-15(11)24-17(21-22-23-24)26-10-16(25)20-9-12-6-7-13(18)8-14(12)19/h2-8H,9-10H2,1H3,(H,20,25). The molecule has 9 heteroatoms. The quantitative estimate of drug-likeness (QED) is 0.630. The first-order chi connectivity index (χ1) is 12.5. The monoisotopic (exact) mass is 407 g/mol. The zero-order valence-electron chi connectivity index (χ0n) is 13.8. The number of para-hydroxylation sites is 1. The highest BCUT2D eigenvalue weighted by Gasteiger charge is 2.13. The van der Waals surface area contributed by atoms with Crippen LogP contribution in [0.25, 0.3) is 5.69 Å². The molecule has 0 radical (unpaired) electrons. The van der Waals surface area contributed by atoms with E-state index in [2.05, 4.69) is 20.8 Å². The number of hydrogen-bond donors (Lipinski definition) is 1. The average molecular weight is 408 g/mol. The number of aryl methyl sites for hydroxylation is 1. The van der Waals surface area contributed by atoms with Crippen molar-refractivity contribution in [2.24, 2.45) is 0 Å². The summed E-state index contributed by atoms with van der Waals surface area (Å²) in [5.74, 6) is 0.0534. The number of hydrogen-bond acceptors (Lipinski definition) is 5. The molecule has 26 heavy (non-hydrogen) atoms. The highest BCUT2D eigenvalue weighted by Crippen LogP contribution is 2.22. The molecule has 0 spiro atoms. The maximum absolute atomic E-state index is 12.1. The molecule has 0 atom stereocenters. The second-order valence-electron chi connectivity index (χ2n) is 5.46. The van der Waals surface area contributed by atoms with Crippen LogP contribution in [0.5, 0.6) is 0 Å². The molecule has 1 amide bonds. The van der Waals surface area contributed by atoms with E-state index >= 15 is 0 Å². The molecule has 1 heterocycles. The maximum atomic E-state index is 12.1. The molecule has 0 saturated heterocycles. The Morgan fingerprint density at radius 2 is 2.04 bits per heavy atom. The summed E-state index contributed by atoms with van der Waals surface area (Å²) in [4.78, 5) is 12.1. The zero-order chi connectivity index (χ0) is 18.5. The van der Waals surface area contributed by atoms with Crippen LogP contribution in [0.15, 0.2) is 47.6 Å². The lowest BCUT2D eigenvalue weighted by atomic mass is 10.2. The maximum Gasteiger partial charge on any atom is 0.230 e. The van der Waals surface area contributed by atoms with Crippen molar-refractivity contribution in [1.82, 2.24) is 25.5 Å². The molecule has 134 valence electrons. The van der Waals surface area contributed by atoms with Gasteiger partial charge in [-0.15, -0.1) is 5.10 Å². The molecule has 0 saturated carbocycles. The molecule has 0 aliphatic carbocycles. The molecule has 0 unspecified atom stereocenters. The van der Waals surface area contributed by atoms with E-state index < -0.39 is 0 Å². The highest BCUT2D eigenvalue weighted by molar-refractivity contribution is 7.99. The van der Waals surface area contributed by atoms with E-state index in [1.807, 2.05) is 31.2 Å². The van der Waals surface area contributed by atoms with Gasteiger partial charge in [-0.1, -0.05) is 59.2 Å². The lowest BCUT2D eigenvalue weighted by molar-refractivity contribution is -0.118. The number of benzene rings is 2. The summed E-state index contributed by atoms with van der Waals surface area (Å²) in [7, 11) is 0. The van der Waals surface area contributed by atoms with Gasteiger partial charge in [-0.3, -0.25) is 4.79 Å². The van der Waals surface area contributed by atoms with Gasteiger partial charge in [0.05, 0.1) is 11.4 Å². The van der Waals surface area contributed by atoms with E-state index in [1.54, 1.807) is 22.9 Å². The largest absolute Gasteiger partial charge is 0.351 e. The lowest BCUT2D eigenvalue weighted by Crippen LogP contribution is -2.24. The van der Waals surface area contributed by atoms with Crippen LogP contribution in [0.3, 0.4) is 0 Å². The number of tetrazole rings is 1. The molecule has 3 aromatic rings. The van der Waals surface area contributed by atoms with Crippen LogP contribution >= 0.6 is 35.0 Å². The summed E-state index contributed by atoms with van der Waals surface area (Å²) >= 11 is 13.2. The first kappa shape index (κ1) is 18.7. The van der Waals surface area contributed by atoms with E-state index in [-0.39, 0.29) is 11.7 Å². The molecular weight excluding hydrogens is 393 g/mol. The van der Waals surface area contributed by atoms with Crippen LogP contribution in [-0.2, 0) is 11.3 Å². The number of halogens is 2. The average Bonchev–Trinajstić information content (AvgIpc) is 3.08. The predicted octanol–water partition coefficient (Wildman–Crippen LogP) is 3.69. The Kier molecular flexibility index (Phi) is 6.13. The molecule has 1 aromatic heterocycles. The minimum atomic E-state index is -0.139. The number of rotatable bonds is 6. The fraction of sp³-hybridized carbons (Fsp3) is 0.176. The van der Waals surface area contributed by atoms with Gasteiger partial charge in [0.15, 0.2) is 0 Å². The van der Waals surface area contributed by atoms with Gasteiger partial charge < -0.3 is 5.32 Å². The summed E-state index contributed by atoms with van der Waals surface area (Å²) in [6.45, 7) is 2.31. The van der Waals surface area contributed by atoms with Gasteiger partial charge in [-0.2, -0.15) is 4.68 Å². The van der Waals surface area contributed by atoms with Crippen LogP contribution in [0, 0.1) is 6.92 Å². The smallest absolute Gasteiger partial charge is 0.230 e. The zero-order valence-corrected chi connectivity index (χ0v) is 16.1. The van der Waals surface area contributed by atoms with Crippen molar-refractivity contribution in [3.8, 4) is 5.69 Å². The summed E-state index contributed by atoms with van der Waals surface area (Å²) in [6, 6.07) is 12.9. The fourth-order valence-corrected chi connectivity index (χ4v) is 3.45. The van der Waals surface area contributed by atoms with Crippen LogP contribution < -0.4 is 5.32 Å². The Morgan fingerprint density at radius 1 is 1.23 bits per heavy atom. The van der Waals surface area contributed by atoms with E-state index in [1.165, 1.54) is 11.8 Å². The third kappa shape index (κ3) is 4.55. The van der Waals surface area contributed by atoms with Crippen molar-refractivity contribution in [2.75, 3.05) is 5.75 Å². The van der Waals surface area contributed by atoms with Gasteiger partial charge in [-0.05, 0) is 46.7 Å². The van der Waals surface area contributed by atoms with Crippen molar-refractivity contribution in [3.05, 3.63) is 63.6 Å². The third-order valence-corrected chi connectivity index (χ3v) is 5.11. The summed E-state index contributed by atoms with van der Waals surface area (Å²) < 4.78 is 1.63. The Balaban J connectivity index is 1.59. The van der Waals surface area contributed by atoms with E-state index in [4.69, 9.17) is 23.2 Å². The predicted molar refractivity (Wildman–Crippen MR) is 103 cm³/mol. The van der Waals surface area contributed by atoms with Crippen molar-refractivity contribution in [2.45, 2.75) is 18.6 Å². The Hall–Kier alpha value is -2.09. The Morgan fingerprint density at radius 3 is 2.81 bits per heavy atom. The second-order valence-corrected chi connectivity index (χ2v) is 7.25. The highest BCUT2D eigenvalue weighted by atomic mass is 35.5. The molecule has 2 aromatic carbocycles. The molecule has 1 N–H and O–H groups in total. The number of thioether (sulfide) groups is 1. The van der Waals surface area contributed by atoms with Crippen LogP contribution in [-0.4, -0.2) is 31.9 Å². The summed E-state index contributed by atoms with van der Waals surface area (Å²) in [5.41, 5.74) is 2.73. The topological polar surface area (TPSA) is 72.7 Å². The van der Waals surface area contributed by atoms with Crippen LogP contribution in [0.4, 0.5) is 0 Å². The normalized spacial score (nSPS) is 10.7. The van der Waals surface area contributed by atoms with E-state index in [0.717, 1.165) is 16.8 Å². The van der Waals surface area contributed by atoms with Gasteiger partial charge in [0.2, 0.25) is 11.1 Å². The van der Waals surface area contributed by atoms with E-state index in [0.29, 0.717) is 21.7 Å². The molecule has 6 nitrogen and oxygen atoms in total. The third-order valence-electron chi connectivity index (χ3n) is 3.61. The number of nitrogens with one attached hydrogen (secondary N) is 1. The minimum Gasteiger partial charge on any atom is -0.351 e. The first-order valence-corrected chi connectivity index (χ1v) is 9.46. The molecule has 0 bridgehead atoms. The van der Waals surface area contributed by atoms with Gasteiger partial charge in [-0.25, -0.2) is 0 Å². The number of aromatic nitrogens is 4. The molecule has 0 fully saturated rings. The van der Waals surface area contributed by atoms with E-state index in [9.17, 15) is 4.79 Å². The number of carbonyl (C=O) groups is 1. The molecule has 3 rings (SSSR count). The van der Waals surface area contributed by atoms with Crippen LogP contribution in [0.1, 0.15) is 11.1 Å². The van der Waals surface area contributed by atoms with Crippen molar-refractivity contribution < 1.29 is 4.79 Å². The minimum absolute atomic E-state index is 0.139. The number of nitrogens with zero attached hydrogens (tertiary/aromatic N) is 4.